The van der Waals surface area contributed by atoms with Gasteiger partial charge < -0.3 is 10.0 Å². The van der Waals surface area contributed by atoms with E-state index < -0.39 is 21.2 Å². The summed E-state index contributed by atoms with van der Waals surface area (Å²) in [5.74, 6) is -0.325. The summed E-state index contributed by atoms with van der Waals surface area (Å²) in [4.78, 5) is 15.8. The molecule has 0 aliphatic carbocycles. The second-order valence-electron chi connectivity index (χ2n) is 6.98. The quantitative estimate of drug-likeness (QED) is 0.787. The third-order valence-electron chi connectivity index (χ3n) is 4.10. The molecule has 0 saturated carbocycles. The van der Waals surface area contributed by atoms with Crippen LogP contribution in [0.2, 0.25) is 0 Å². The van der Waals surface area contributed by atoms with Crippen molar-refractivity contribution in [3.63, 3.8) is 0 Å². The number of piperazine rings is 1. The molecule has 1 aliphatic heterocycles. The zero-order valence-electron chi connectivity index (χ0n) is 13.7. The number of hydrogen-bond acceptors (Lipinski definition) is 5. The van der Waals surface area contributed by atoms with Crippen molar-refractivity contribution in [3.05, 3.63) is 0 Å². The third kappa shape index (κ3) is 5.23. The molecule has 124 valence electrons. The van der Waals surface area contributed by atoms with E-state index in [1.54, 1.807) is 4.90 Å². The van der Waals surface area contributed by atoms with Gasteiger partial charge in [0.1, 0.15) is 5.25 Å². The van der Waals surface area contributed by atoms with Crippen LogP contribution in [0.3, 0.4) is 0 Å². The summed E-state index contributed by atoms with van der Waals surface area (Å²) in [6.07, 6.45) is 0.667. The molecule has 7 heteroatoms. The van der Waals surface area contributed by atoms with E-state index in [9.17, 15) is 18.3 Å². The smallest absolute Gasteiger partial charge is 0.240 e. The number of hydrogen-bond donors (Lipinski definition) is 1. The second kappa shape index (κ2) is 6.62. The summed E-state index contributed by atoms with van der Waals surface area (Å²) in [6.45, 7) is 10.3. The zero-order chi connectivity index (χ0) is 16.4. The predicted octanol–water partition coefficient (Wildman–Crippen LogP) is -0.0293. The number of β-amino-alcohol motifs (C(OH)–C–C–N with tert-alkyl or cyclic N) is 1. The normalized spacial score (nSPS) is 21.1. The van der Waals surface area contributed by atoms with Crippen molar-refractivity contribution in [1.29, 1.82) is 0 Å². The molecule has 0 aromatic heterocycles. The fraction of sp³-hybridized carbons (Fsp3) is 0.929. The number of aliphatic hydroxyl groups excluding tert-OH is 1. The maximum Gasteiger partial charge on any atom is 0.240 e. The van der Waals surface area contributed by atoms with Crippen molar-refractivity contribution >= 4 is 15.7 Å². The molecule has 1 heterocycles. The van der Waals surface area contributed by atoms with Crippen molar-refractivity contribution in [3.8, 4) is 0 Å². The Hall–Kier alpha value is -0.660. The SMILES string of the molecule is C[C@@H](C(=O)N1CCN(C[C@H](O)C(C)(C)C)CC1)S(C)(=O)=O. The Kier molecular flexibility index (Phi) is 5.80. The van der Waals surface area contributed by atoms with Crippen molar-refractivity contribution in [2.45, 2.75) is 39.0 Å². The number of amides is 1. The minimum atomic E-state index is -3.35. The van der Waals surface area contributed by atoms with Crippen LogP contribution in [0.4, 0.5) is 0 Å². The molecule has 0 radical (unpaired) electrons. The zero-order valence-corrected chi connectivity index (χ0v) is 14.5. The average Bonchev–Trinajstić information content (AvgIpc) is 2.35. The Labute approximate surface area is 128 Å². The molecule has 1 N–H and O–H groups in total. The van der Waals surface area contributed by atoms with E-state index in [0.29, 0.717) is 32.7 Å². The molecular weight excluding hydrogens is 292 g/mol. The van der Waals surface area contributed by atoms with Crippen LogP contribution in [0.15, 0.2) is 0 Å². The molecule has 21 heavy (non-hydrogen) atoms. The minimum absolute atomic E-state index is 0.169. The topological polar surface area (TPSA) is 77.9 Å². The lowest BCUT2D eigenvalue weighted by molar-refractivity contribution is -0.132. The van der Waals surface area contributed by atoms with Crippen molar-refractivity contribution < 1.29 is 18.3 Å². The highest BCUT2D eigenvalue weighted by molar-refractivity contribution is 7.92. The number of aliphatic hydroxyl groups is 1. The number of sulfone groups is 1. The van der Waals surface area contributed by atoms with Gasteiger partial charge in [0.15, 0.2) is 9.84 Å². The molecule has 0 unspecified atom stereocenters. The van der Waals surface area contributed by atoms with E-state index in [0.717, 1.165) is 6.26 Å². The monoisotopic (exact) mass is 320 g/mol. The van der Waals surface area contributed by atoms with Crippen LogP contribution in [0, 0.1) is 5.41 Å². The summed E-state index contributed by atoms with van der Waals surface area (Å²) in [5, 5.41) is 9.12. The molecule has 0 aromatic rings. The summed E-state index contributed by atoms with van der Waals surface area (Å²) in [6, 6.07) is 0. The first-order valence-electron chi connectivity index (χ1n) is 7.31. The number of rotatable bonds is 4. The Morgan fingerprint density at radius 1 is 1.19 bits per heavy atom. The fourth-order valence-electron chi connectivity index (χ4n) is 2.11. The molecule has 0 bridgehead atoms. The lowest BCUT2D eigenvalue weighted by atomic mass is 9.89. The van der Waals surface area contributed by atoms with Gasteiger partial charge in [0.05, 0.1) is 6.10 Å². The summed E-state index contributed by atoms with van der Waals surface area (Å²) in [7, 11) is -3.35. The van der Waals surface area contributed by atoms with E-state index in [2.05, 4.69) is 4.90 Å². The van der Waals surface area contributed by atoms with Crippen LogP contribution in [0.25, 0.3) is 0 Å². The van der Waals surface area contributed by atoms with Gasteiger partial charge in [-0.15, -0.1) is 0 Å². The molecule has 6 nitrogen and oxygen atoms in total. The van der Waals surface area contributed by atoms with E-state index in [1.165, 1.54) is 6.92 Å². The van der Waals surface area contributed by atoms with E-state index in [-0.39, 0.29) is 11.3 Å². The Morgan fingerprint density at radius 3 is 2.05 bits per heavy atom. The number of carbonyl (C=O) groups is 1. The third-order valence-corrected chi connectivity index (χ3v) is 5.59. The number of carbonyl (C=O) groups excluding carboxylic acids is 1. The molecule has 1 amide bonds. The van der Waals surface area contributed by atoms with Gasteiger partial charge >= 0.3 is 0 Å². The summed E-state index contributed by atoms with van der Waals surface area (Å²) >= 11 is 0. The molecule has 1 fully saturated rings. The second-order valence-corrected chi connectivity index (χ2v) is 9.35. The van der Waals surface area contributed by atoms with Gasteiger partial charge in [0, 0.05) is 39.0 Å². The van der Waals surface area contributed by atoms with Gasteiger partial charge in [-0.25, -0.2) is 8.42 Å². The molecule has 1 aliphatic rings. The molecular formula is C14H28N2O4S. The lowest BCUT2D eigenvalue weighted by Crippen LogP contribution is -2.54. The summed E-state index contributed by atoms with van der Waals surface area (Å²) in [5.41, 5.74) is -0.169. The largest absolute Gasteiger partial charge is 0.391 e. The van der Waals surface area contributed by atoms with E-state index >= 15 is 0 Å². The van der Waals surface area contributed by atoms with Crippen molar-refractivity contribution in [2.24, 2.45) is 5.41 Å². The van der Waals surface area contributed by atoms with Crippen LogP contribution in [0.5, 0.6) is 0 Å². The standard InChI is InChI=1S/C14H28N2O4S/c1-11(21(5,19)20)13(18)16-8-6-15(7-9-16)10-12(17)14(2,3)4/h11-12,17H,6-10H2,1-5H3/t11-,12-/m0/s1. The molecule has 1 saturated heterocycles. The van der Waals surface area contributed by atoms with Gasteiger partial charge in [-0.2, -0.15) is 0 Å². The maximum absolute atomic E-state index is 12.1. The van der Waals surface area contributed by atoms with Crippen LogP contribution < -0.4 is 0 Å². The highest BCUT2D eigenvalue weighted by Crippen LogP contribution is 2.20. The molecule has 2 atom stereocenters. The first kappa shape index (κ1) is 18.4. The van der Waals surface area contributed by atoms with Crippen LogP contribution in [0.1, 0.15) is 27.7 Å². The van der Waals surface area contributed by atoms with Gasteiger partial charge in [-0.1, -0.05) is 20.8 Å². The van der Waals surface area contributed by atoms with Crippen LogP contribution >= 0.6 is 0 Å². The van der Waals surface area contributed by atoms with Gasteiger partial charge in [-0.05, 0) is 12.3 Å². The maximum atomic E-state index is 12.1. The highest BCUT2D eigenvalue weighted by atomic mass is 32.2. The molecule has 1 rings (SSSR count). The van der Waals surface area contributed by atoms with Crippen molar-refractivity contribution in [1.82, 2.24) is 9.80 Å². The Morgan fingerprint density at radius 2 is 1.67 bits per heavy atom. The minimum Gasteiger partial charge on any atom is -0.391 e. The first-order chi connectivity index (χ1) is 9.43. The van der Waals surface area contributed by atoms with E-state index in [4.69, 9.17) is 0 Å². The van der Waals surface area contributed by atoms with Gasteiger partial charge in [-0.3, -0.25) is 9.69 Å². The van der Waals surface area contributed by atoms with E-state index in [1.807, 2.05) is 20.8 Å². The van der Waals surface area contributed by atoms with Gasteiger partial charge in [0.2, 0.25) is 5.91 Å². The average molecular weight is 320 g/mol. The van der Waals surface area contributed by atoms with Crippen molar-refractivity contribution in [2.75, 3.05) is 39.0 Å². The van der Waals surface area contributed by atoms with Crippen LogP contribution in [-0.2, 0) is 14.6 Å². The van der Waals surface area contributed by atoms with Gasteiger partial charge in [0.25, 0.3) is 0 Å². The first-order valence-corrected chi connectivity index (χ1v) is 9.26. The molecule has 0 aromatic carbocycles. The Balaban J connectivity index is 2.51. The predicted molar refractivity (Wildman–Crippen MR) is 82.8 cm³/mol. The fourth-order valence-corrected chi connectivity index (χ4v) is 2.62. The Bertz CT molecular complexity index is 462. The highest BCUT2D eigenvalue weighted by Gasteiger charge is 2.31. The molecule has 0 spiro atoms. The van der Waals surface area contributed by atoms with Crippen LogP contribution in [-0.4, -0.2) is 79.6 Å². The summed E-state index contributed by atoms with van der Waals surface area (Å²) < 4.78 is 22.9. The lowest BCUT2D eigenvalue weighted by Gasteiger charge is -2.38. The number of nitrogens with zero attached hydrogens (tertiary/aromatic N) is 2.